The highest BCUT2D eigenvalue weighted by Crippen LogP contribution is 2.34. The highest BCUT2D eigenvalue weighted by atomic mass is 32.1. The predicted octanol–water partition coefficient (Wildman–Crippen LogP) is 4.45. The Morgan fingerprint density at radius 3 is 2.71 bits per heavy atom. The van der Waals surface area contributed by atoms with Crippen molar-refractivity contribution >= 4 is 27.5 Å². The number of nitrogens with one attached hydrogen (secondary N) is 1. The molecule has 21 heavy (non-hydrogen) atoms. The first-order chi connectivity index (χ1) is 10.1. The van der Waals surface area contributed by atoms with Crippen molar-refractivity contribution in [1.82, 2.24) is 9.97 Å². The molecule has 0 bridgehead atoms. The van der Waals surface area contributed by atoms with Crippen molar-refractivity contribution in [3.8, 4) is 11.6 Å². The smallest absolute Gasteiger partial charge is 0.232 e. The maximum Gasteiger partial charge on any atom is 0.232 e. The number of anilines is 1. The third-order valence-corrected chi connectivity index (χ3v) is 4.41. The zero-order valence-corrected chi connectivity index (χ0v) is 13.3. The molecule has 0 aliphatic heterocycles. The van der Waals surface area contributed by atoms with Crippen LogP contribution in [0.2, 0.25) is 0 Å². The van der Waals surface area contributed by atoms with E-state index in [9.17, 15) is 0 Å². The number of benzene rings is 1. The van der Waals surface area contributed by atoms with Crippen molar-refractivity contribution < 1.29 is 4.74 Å². The Balaban J connectivity index is 2.12. The van der Waals surface area contributed by atoms with E-state index in [2.05, 4.69) is 48.2 Å². The SMILES string of the molecule is CNc1nc(Oc2cccc(C)c2C)c2cc(C)sc2n1. The van der Waals surface area contributed by atoms with Crippen molar-refractivity contribution in [1.29, 1.82) is 0 Å². The summed E-state index contributed by atoms with van der Waals surface area (Å²) in [6, 6.07) is 8.11. The summed E-state index contributed by atoms with van der Waals surface area (Å²) in [4.78, 5) is 11.1. The van der Waals surface area contributed by atoms with Gasteiger partial charge in [-0.25, -0.2) is 4.98 Å². The van der Waals surface area contributed by atoms with Crippen LogP contribution in [-0.4, -0.2) is 17.0 Å². The highest BCUT2D eigenvalue weighted by molar-refractivity contribution is 7.18. The van der Waals surface area contributed by atoms with Crippen LogP contribution < -0.4 is 10.1 Å². The van der Waals surface area contributed by atoms with Gasteiger partial charge in [0.15, 0.2) is 0 Å². The second kappa shape index (κ2) is 5.33. The largest absolute Gasteiger partial charge is 0.438 e. The molecule has 3 rings (SSSR count). The van der Waals surface area contributed by atoms with E-state index in [0.29, 0.717) is 11.8 Å². The quantitative estimate of drug-likeness (QED) is 0.776. The molecule has 5 heteroatoms. The fourth-order valence-electron chi connectivity index (χ4n) is 2.14. The molecule has 0 atom stereocenters. The molecule has 0 aliphatic rings. The minimum atomic E-state index is 0.574. The van der Waals surface area contributed by atoms with Crippen molar-refractivity contribution in [3.05, 3.63) is 40.3 Å². The Morgan fingerprint density at radius 1 is 1.14 bits per heavy atom. The van der Waals surface area contributed by atoms with E-state index in [4.69, 9.17) is 4.74 Å². The zero-order valence-electron chi connectivity index (χ0n) is 12.5. The monoisotopic (exact) mass is 299 g/mol. The molecule has 1 N–H and O–H groups in total. The maximum atomic E-state index is 6.07. The second-order valence-electron chi connectivity index (χ2n) is 4.98. The van der Waals surface area contributed by atoms with Crippen LogP contribution in [0.4, 0.5) is 5.95 Å². The summed E-state index contributed by atoms with van der Waals surface area (Å²) < 4.78 is 6.07. The first-order valence-corrected chi connectivity index (χ1v) is 7.60. The van der Waals surface area contributed by atoms with Crippen molar-refractivity contribution in [2.24, 2.45) is 0 Å². The van der Waals surface area contributed by atoms with Gasteiger partial charge in [-0.15, -0.1) is 11.3 Å². The Morgan fingerprint density at radius 2 is 1.95 bits per heavy atom. The van der Waals surface area contributed by atoms with Gasteiger partial charge < -0.3 is 10.1 Å². The normalized spacial score (nSPS) is 10.9. The number of thiophene rings is 1. The Labute approximate surface area is 127 Å². The van der Waals surface area contributed by atoms with Gasteiger partial charge in [0.25, 0.3) is 0 Å². The fraction of sp³-hybridized carbons (Fsp3) is 0.250. The van der Waals surface area contributed by atoms with Gasteiger partial charge in [-0.2, -0.15) is 4.98 Å². The molecule has 108 valence electrons. The topological polar surface area (TPSA) is 47.0 Å². The van der Waals surface area contributed by atoms with Crippen molar-refractivity contribution in [2.45, 2.75) is 20.8 Å². The molecular formula is C16H17N3OS. The number of aromatic nitrogens is 2. The highest BCUT2D eigenvalue weighted by Gasteiger charge is 2.13. The Hall–Kier alpha value is -2.14. The van der Waals surface area contributed by atoms with Crippen LogP contribution in [0, 0.1) is 20.8 Å². The Kier molecular flexibility index (Phi) is 3.51. The molecule has 0 radical (unpaired) electrons. The van der Waals surface area contributed by atoms with E-state index in [0.717, 1.165) is 21.5 Å². The van der Waals surface area contributed by atoms with Gasteiger partial charge in [0.1, 0.15) is 10.6 Å². The molecule has 2 aromatic heterocycles. The van der Waals surface area contributed by atoms with E-state index in [-0.39, 0.29) is 0 Å². The molecule has 0 saturated heterocycles. The molecule has 2 heterocycles. The minimum absolute atomic E-state index is 0.574. The molecule has 4 nitrogen and oxygen atoms in total. The second-order valence-corrected chi connectivity index (χ2v) is 6.21. The van der Waals surface area contributed by atoms with Gasteiger partial charge in [-0.05, 0) is 44.0 Å². The number of fused-ring (bicyclic) bond motifs is 1. The minimum Gasteiger partial charge on any atom is -0.438 e. The average molecular weight is 299 g/mol. The van der Waals surface area contributed by atoms with Crippen molar-refractivity contribution in [3.63, 3.8) is 0 Å². The van der Waals surface area contributed by atoms with Gasteiger partial charge in [0, 0.05) is 11.9 Å². The molecule has 0 fully saturated rings. The van der Waals surface area contributed by atoms with E-state index in [1.54, 1.807) is 11.3 Å². The van der Waals surface area contributed by atoms with Crippen LogP contribution >= 0.6 is 11.3 Å². The zero-order chi connectivity index (χ0) is 15.0. The summed E-state index contributed by atoms with van der Waals surface area (Å²) in [5.41, 5.74) is 2.33. The van der Waals surface area contributed by atoms with Crippen molar-refractivity contribution in [2.75, 3.05) is 12.4 Å². The van der Waals surface area contributed by atoms with E-state index in [1.807, 2.05) is 19.2 Å². The molecule has 0 saturated carbocycles. The fourth-order valence-corrected chi connectivity index (χ4v) is 3.01. The number of ether oxygens (including phenoxy) is 1. The molecule has 0 amide bonds. The lowest BCUT2D eigenvalue weighted by molar-refractivity contribution is 0.465. The van der Waals surface area contributed by atoms with Gasteiger partial charge in [0.2, 0.25) is 11.8 Å². The first-order valence-electron chi connectivity index (χ1n) is 6.78. The predicted molar refractivity (Wildman–Crippen MR) is 87.7 cm³/mol. The van der Waals surface area contributed by atoms with E-state index in [1.165, 1.54) is 10.4 Å². The number of aryl methyl sites for hydroxylation is 2. The number of hydrogen-bond donors (Lipinski definition) is 1. The number of rotatable bonds is 3. The average Bonchev–Trinajstić information content (AvgIpc) is 2.84. The van der Waals surface area contributed by atoms with E-state index >= 15 is 0 Å². The lowest BCUT2D eigenvalue weighted by Gasteiger charge is -2.11. The molecule has 1 aromatic carbocycles. The summed E-state index contributed by atoms with van der Waals surface area (Å²) in [7, 11) is 1.81. The number of hydrogen-bond acceptors (Lipinski definition) is 5. The third kappa shape index (κ3) is 2.56. The summed E-state index contributed by atoms with van der Waals surface area (Å²) in [6.07, 6.45) is 0. The lowest BCUT2D eigenvalue weighted by Crippen LogP contribution is -1.99. The standard InChI is InChI=1S/C16H17N3OS/c1-9-6-5-7-13(11(9)3)20-14-12-8-10(2)21-15(12)19-16(17-4)18-14/h5-8H,1-4H3,(H,17,18,19). The van der Waals surface area contributed by atoms with Crippen LogP contribution in [0.15, 0.2) is 24.3 Å². The van der Waals surface area contributed by atoms with Gasteiger partial charge in [-0.3, -0.25) is 0 Å². The molecule has 0 unspecified atom stereocenters. The van der Waals surface area contributed by atoms with Crippen LogP contribution in [-0.2, 0) is 0 Å². The van der Waals surface area contributed by atoms with Crippen LogP contribution in [0.1, 0.15) is 16.0 Å². The van der Waals surface area contributed by atoms with Gasteiger partial charge in [0.05, 0.1) is 5.39 Å². The number of nitrogens with zero attached hydrogens (tertiary/aromatic N) is 2. The maximum absolute atomic E-state index is 6.07. The van der Waals surface area contributed by atoms with Crippen LogP contribution in [0.25, 0.3) is 10.2 Å². The van der Waals surface area contributed by atoms with Gasteiger partial charge >= 0.3 is 0 Å². The molecule has 3 aromatic rings. The third-order valence-electron chi connectivity index (χ3n) is 3.47. The molecule has 0 spiro atoms. The Bertz CT molecular complexity index is 811. The summed E-state index contributed by atoms with van der Waals surface area (Å²) in [5, 5.41) is 3.94. The summed E-state index contributed by atoms with van der Waals surface area (Å²) in [6.45, 7) is 6.19. The summed E-state index contributed by atoms with van der Waals surface area (Å²) >= 11 is 1.64. The first kappa shape index (κ1) is 13.8. The van der Waals surface area contributed by atoms with Crippen LogP contribution in [0.3, 0.4) is 0 Å². The van der Waals surface area contributed by atoms with E-state index < -0.39 is 0 Å². The van der Waals surface area contributed by atoms with Crippen LogP contribution in [0.5, 0.6) is 11.6 Å². The lowest BCUT2D eigenvalue weighted by atomic mass is 10.1. The summed E-state index contributed by atoms with van der Waals surface area (Å²) in [5.74, 6) is 2.01. The molecule has 0 aliphatic carbocycles. The van der Waals surface area contributed by atoms with Gasteiger partial charge in [-0.1, -0.05) is 12.1 Å². The molecular weight excluding hydrogens is 282 g/mol.